The number of hydrogen-bond acceptors (Lipinski definition) is 5. The van der Waals surface area contributed by atoms with Crippen molar-refractivity contribution in [2.75, 3.05) is 39.3 Å². The Kier molecular flexibility index (Phi) is 6.38. The zero-order valence-electron chi connectivity index (χ0n) is 16.7. The Balaban J connectivity index is 1.45. The Morgan fingerprint density at radius 2 is 1.63 bits per heavy atom. The van der Waals surface area contributed by atoms with Crippen LogP contribution < -0.4 is 0 Å². The molecule has 0 N–H and O–H groups in total. The van der Waals surface area contributed by atoms with E-state index >= 15 is 0 Å². The zero-order valence-corrected chi connectivity index (χ0v) is 18.3. The number of nitrogens with zero attached hydrogens (tertiary/aromatic N) is 4. The van der Waals surface area contributed by atoms with Crippen molar-refractivity contribution in [1.29, 1.82) is 0 Å². The van der Waals surface area contributed by atoms with Crippen molar-refractivity contribution in [3.05, 3.63) is 58.9 Å². The van der Waals surface area contributed by atoms with Gasteiger partial charge in [0.1, 0.15) is 0 Å². The van der Waals surface area contributed by atoms with Crippen molar-refractivity contribution < 1.29 is 13.2 Å². The maximum atomic E-state index is 13.1. The summed E-state index contributed by atoms with van der Waals surface area (Å²) in [6.45, 7) is 4.50. The molecule has 9 heteroatoms. The predicted molar refractivity (Wildman–Crippen MR) is 115 cm³/mol. The van der Waals surface area contributed by atoms with Crippen LogP contribution in [0, 0.1) is 0 Å². The fourth-order valence-corrected chi connectivity index (χ4v) is 5.67. The van der Waals surface area contributed by atoms with E-state index in [1.165, 1.54) is 28.1 Å². The maximum absolute atomic E-state index is 13.1. The van der Waals surface area contributed by atoms with Crippen LogP contribution in [-0.4, -0.2) is 72.7 Å². The second-order valence-electron chi connectivity index (χ2n) is 7.68. The van der Waals surface area contributed by atoms with Crippen LogP contribution in [-0.2, 0) is 16.6 Å². The molecule has 3 heterocycles. The van der Waals surface area contributed by atoms with Gasteiger partial charge >= 0.3 is 0 Å². The molecule has 4 rings (SSSR count). The number of aromatic nitrogens is 1. The lowest BCUT2D eigenvalue weighted by Gasteiger charge is -2.35. The summed E-state index contributed by atoms with van der Waals surface area (Å²) >= 11 is 6.28. The molecule has 0 saturated carbocycles. The van der Waals surface area contributed by atoms with Crippen LogP contribution in [0.4, 0.5) is 0 Å². The SMILES string of the molecule is O=C(c1cc(S(=O)(=O)N2CCCC2)ccc1Cl)N1CCN(Cc2ccncc2)CC1. The number of halogens is 1. The molecule has 0 unspecified atom stereocenters. The number of carbonyl (C=O) groups is 1. The van der Waals surface area contributed by atoms with Gasteiger partial charge in [0.05, 0.1) is 15.5 Å². The number of amides is 1. The summed E-state index contributed by atoms with van der Waals surface area (Å²) in [6.07, 6.45) is 5.28. The van der Waals surface area contributed by atoms with Gasteiger partial charge in [-0.1, -0.05) is 11.6 Å². The summed E-state index contributed by atoms with van der Waals surface area (Å²) in [7, 11) is -3.59. The normalized spacial score (nSPS) is 18.6. The average Bonchev–Trinajstić information content (AvgIpc) is 3.31. The standard InChI is InChI=1S/C21H25ClN4O3S/c22-20-4-3-18(30(28,29)26-9-1-2-10-26)15-19(20)21(27)25-13-11-24(12-14-25)16-17-5-7-23-8-6-17/h3-8,15H,1-2,9-14,16H2. The summed E-state index contributed by atoms with van der Waals surface area (Å²) in [5.74, 6) is -0.220. The first kappa shape index (κ1) is 21.2. The van der Waals surface area contributed by atoms with Crippen LogP contribution in [0.15, 0.2) is 47.6 Å². The van der Waals surface area contributed by atoms with Crippen molar-refractivity contribution in [3.63, 3.8) is 0 Å². The lowest BCUT2D eigenvalue weighted by molar-refractivity contribution is 0.0628. The van der Waals surface area contributed by atoms with Crippen LogP contribution in [0.1, 0.15) is 28.8 Å². The van der Waals surface area contributed by atoms with Gasteiger partial charge < -0.3 is 4.90 Å². The minimum Gasteiger partial charge on any atom is -0.336 e. The highest BCUT2D eigenvalue weighted by Gasteiger charge is 2.30. The molecule has 2 saturated heterocycles. The Bertz CT molecular complexity index is 1000. The van der Waals surface area contributed by atoms with E-state index in [1.54, 1.807) is 17.3 Å². The molecular formula is C21H25ClN4O3S. The fourth-order valence-electron chi connectivity index (χ4n) is 3.93. The van der Waals surface area contributed by atoms with Crippen molar-refractivity contribution in [2.24, 2.45) is 0 Å². The smallest absolute Gasteiger partial charge is 0.255 e. The van der Waals surface area contributed by atoms with Gasteiger partial charge in [-0.15, -0.1) is 0 Å². The van der Waals surface area contributed by atoms with E-state index in [4.69, 9.17) is 11.6 Å². The molecule has 0 bridgehead atoms. The van der Waals surface area contributed by atoms with Crippen LogP contribution in [0.3, 0.4) is 0 Å². The summed E-state index contributed by atoms with van der Waals surface area (Å²) in [6, 6.07) is 8.41. The molecule has 2 aliphatic heterocycles. The third kappa shape index (κ3) is 4.51. The highest BCUT2D eigenvalue weighted by molar-refractivity contribution is 7.89. The number of pyridine rings is 1. The van der Waals surface area contributed by atoms with Crippen molar-refractivity contribution in [2.45, 2.75) is 24.3 Å². The molecule has 0 atom stereocenters. The van der Waals surface area contributed by atoms with Gasteiger partial charge in [-0.3, -0.25) is 14.7 Å². The molecule has 1 amide bonds. The quantitative estimate of drug-likeness (QED) is 0.702. The molecule has 1 aromatic heterocycles. The van der Waals surface area contributed by atoms with E-state index in [1.807, 2.05) is 12.1 Å². The van der Waals surface area contributed by atoms with Crippen LogP contribution in [0.2, 0.25) is 5.02 Å². The molecular weight excluding hydrogens is 424 g/mol. The fraction of sp³-hybridized carbons (Fsp3) is 0.429. The number of carbonyl (C=O) groups excluding carboxylic acids is 1. The zero-order chi connectivity index (χ0) is 21.1. The molecule has 0 spiro atoms. The van der Waals surface area contributed by atoms with E-state index in [0.717, 1.165) is 32.5 Å². The maximum Gasteiger partial charge on any atom is 0.255 e. The van der Waals surface area contributed by atoms with Gasteiger partial charge in [0.2, 0.25) is 10.0 Å². The van der Waals surface area contributed by atoms with Gasteiger partial charge in [-0.25, -0.2) is 8.42 Å². The third-order valence-corrected chi connectivity index (χ3v) is 7.91. The van der Waals surface area contributed by atoms with E-state index in [0.29, 0.717) is 26.2 Å². The van der Waals surface area contributed by atoms with Crippen molar-refractivity contribution in [1.82, 2.24) is 19.1 Å². The van der Waals surface area contributed by atoms with Gasteiger partial charge in [0, 0.05) is 58.2 Å². The average molecular weight is 449 g/mol. The second-order valence-corrected chi connectivity index (χ2v) is 10.0. The van der Waals surface area contributed by atoms with Gasteiger partial charge in [0.15, 0.2) is 0 Å². The Hall–Kier alpha value is -2.00. The van der Waals surface area contributed by atoms with Crippen LogP contribution >= 0.6 is 11.6 Å². The molecule has 1 aromatic carbocycles. The Labute approximate surface area is 182 Å². The number of piperazine rings is 1. The summed E-state index contributed by atoms with van der Waals surface area (Å²) in [5.41, 5.74) is 1.44. The highest BCUT2D eigenvalue weighted by atomic mass is 35.5. The first-order valence-corrected chi connectivity index (χ1v) is 12.0. The second kappa shape index (κ2) is 9.01. The number of benzene rings is 1. The van der Waals surface area contributed by atoms with E-state index < -0.39 is 10.0 Å². The first-order chi connectivity index (χ1) is 14.4. The molecule has 0 aliphatic carbocycles. The predicted octanol–water partition coefficient (Wildman–Crippen LogP) is 2.48. The third-order valence-electron chi connectivity index (χ3n) is 5.69. The van der Waals surface area contributed by atoms with Gasteiger partial charge in [-0.2, -0.15) is 4.31 Å². The Morgan fingerprint density at radius 1 is 0.967 bits per heavy atom. The summed E-state index contributed by atoms with van der Waals surface area (Å²) in [5, 5.41) is 0.277. The lowest BCUT2D eigenvalue weighted by Crippen LogP contribution is -2.48. The molecule has 30 heavy (non-hydrogen) atoms. The minimum absolute atomic E-state index is 0.133. The Morgan fingerprint density at radius 3 is 2.30 bits per heavy atom. The van der Waals surface area contributed by atoms with E-state index in [2.05, 4.69) is 9.88 Å². The number of rotatable bonds is 5. The minimum atomic E-state index is -3.59. The molecule has 2 fully saturated rings. The molecule has 2 aromatic rings. The monoisotopic (exact) mass is 448 g/mol. The largest absolute Gasteiger partial charge is 0.336 e. The number of sulfonamides is 1. The highest BCUT2D eigenvalue weighted by Crippen LogP contribution is 2.26. The lowest BCUT2D eigenvalue weighted by atomic mass is 10.1. The molecule has 7 nitrogen and oxygen atoms in total. The van der Waals surface area contributed by atoms with Crippen molar-refractivity contribution in [3.8, 4) is 0 Å². The first-order valence-electron chi connectivity index (χ1n) is 10.2. The number of hydrogen-bond donors (Lipinski definition) is 0. The van der Waals surface area contributed by atoms with Gasteiger partial charge in [-0.05, 0) is 48.7 Å². The van der Waals surface area contributed by atoms with E-state index in [9.17, 15) is 13.2 Å². The van der Waals surface area contributed by atoms with E-state index in [-0.39, 0.29) is 21.4 Å². The van der Waals surface area contributed by atoms with Gasteiger partial charge in [0.25, 0.3) is 5.91 Å². The molecule has 2 aliphatic rings. The molecule has 160 valence electrons. The van der Waals surface area contributed by atoms with Crippen LogP contribution in [0.5, 0.6) is 0 Å². The molecule has 0 radical (unpaired) electrons. The summed E-state index contributed by atoms with van der Waals surface area (Å²) in [4.78, 5) is 21.3. The summed E-state index contributed by atoms with van der Waals surface area (Å²) < 4.78 is 27.2. The topological polar surface area (TPSA) is 73.8 Å². The van der Waals surface area contributed by atoms with Crippen LogP contribution in [0.25, 0.3) is 0 Å². The van der Waals surface area contributed by atoms with Crippen molar-refractivity contribution >= 4 is 27.5 Å².